The van der Waals surface area contributed by atoms with Crippen LogP contribution in [0.4, 0.5) is 5.69 Å². The first kappa shape index (κ1) is 17.3. The van der Waals surface area contributed by atoms with Gasteiger partial charge in [0.15, 0.2) is 0 Å². The summed E-state index contributed by atoms with van der Waals surface area (Å²) in [6, 6.07) is 6.67. The maximum atomic E-state index is 10.8. The minimum Gasteiger partial charge on any atom is -1.00 e. The number of likely N-dealkylation sites (N-methyl/N-ethyl adjacent to an activating group) is 1. The van der Waals surface area contributed by atoms with E-state index in [2.05, 4.69) is 21.1 Å². The molecule has 0 aliphatic heterocycles. The summed E-state index contributed by atoms with van der Waals surface area (Å²) in [5.41, 5.74) is 0.747. The van der Waals surface area contributed by atoms with Crippen LogP contribution in [0.5, 0.6) is 0 Å². The molecule has 18 heavy (non-hydrogen) atoms. The van der Waals surface area contributed by atoms with Crippen molar-refractivity contribution in [1.82, 2.24) is 0 Å². The molecule has 1 aromatic carbocycles. The highest BCUT2D eigenvalue weighted by Crippen LogP contribution is 2.18. The third-order valence-corrected chi connectivity index (χ3v) is 2.35. The Morgan fingerprint density at radius 2 is 1.89 bits per heavy atom. The van der Waals surface area contributed by atoms with Gasteiger partial charge in [-0.15, -0.1) is 0 Å². The Labute approximate surface area is 125 Å². The molecule has 0 bridgehead atoms. The Balaban J connectivity index is 0.00000289. The molecule has 1 rings (SSSR count). The number of nitro groups is 1. The van der Waals surface area contributed by atoms with Crippen molar-refractivity contribution in [2.24, 2.45) is 0 Å². The molecule has 5 nitrogen and oxygen atoms in total. The first-order chi connectivity index (χ1) is 7.90. The van der Waals surface area contributed by atoms with Crippen molar-refractivity contribution >= 4 is 5.69 Å². The van der Waals surface area contributed by atoms with E-state index in [0.717, 1.165) is 11.0 Å². The standard InChI is InChI=1S/C12H19N2O3.HI/c1-14(2,3)8-9-17-10-11-6-4-5-7-12(11)13(15)16;/h4-7H,8-10H2,1-3H3;1H/q+1;/p-1. The zero-order valence-corrected chi connectivity index (χ0v) is 13.1. The lowest BCUT2D eigenvalue weighted by atomic mass is 10.2. The number of nitro benzene ring substituents is 1. The van der Waals surface area contributed by atoms with Crippen LogP contribution < -0.4 is 24.0 Å². The Bertz CT molecular complexity index is 391. The van der Waals surface area contributed by atoms with Crippen LogP contribution in [0.1, 0.15) is 5.56 Å². The van der Waals surface area contributed by atoms with Gasteiger partial charge in [0.05, 0.1) is 44.8 Å². The molecule has 0 heterocycles. The first-order valence-corrected chi connectivity index (χ1v) is 5.50. The van der Waals surface area contributed by atoms with Gasteiger partial charge in [-0.05, 0) is 6.07 Å². The van der Waals surface area contributed by atoms with Gasteiger partial charge < -0.3 is 33.2 Å². The summed E-state index contributed by atoms with van der Waals surface area (Å²) < 4.78 is 6.28. The van der Waals surface area contributed by atoms with Crippen LogP contribution in [0, 0.1) is 10.1 Å². The van der Waals surface area contributed by atoms with Crippen molar-refractivity contribution in [3.05, 3.63) is 39.9 Å². The van der Waals surface area contributed by atoms with Gasteiger partial charge in [0.2, 0.25) is 0 Å². The first-order valence-electron chi connectivity index (χ1n) is 5.50. The second-order valence-electron chi connectivity index (χ2n) is 4.95. The van der Waals surface area contributed by atoms with Crippen molar-refractivity contribution in [2.75, 3.05) is 34.3 Å². The fourth-order valence-corrected chi connectivity index (χ4v) is 1.33. The zero-order chi connectivity index (χ0) is 12.9. The van der Waals surface area contributed by atoms with Crippen LogP contribution in [-0.4, -0.2) is 43.7 Å². The lowest BCUT2D eigenvalue weighted by molar-refractivity contribution is -0.870. The number of halogens is 1. The van der Waals surface area contributed by atoms with E-state index in [1.165, 1.54) is 6.07 Å². The third-order valence-electron chi connectivity index (χ3n) is 2.35. The zero-order valence-electron chi connectivity index (χ0n) is 10.9. The fraction of sp³-hybridized carbons (Fsp3) is 0.500. The molecule has 0 saturated carbocycles. The van der Waals surface area contributed by atoms with Gasteiger partial charge in [0.1, 0.15) is 6.54 Å². The van der Waals surface area contributed by atoms with E-state index in [1.54, 1.807) is 18.2 Å². The molecule has 0 unspecified atom stereocenters. The molecule has 0 N–H and O–H groups in total. The number of rotatable bonds is 6. The number of hydrogen-bond donors (Lipinski definition) is 0. The van der Waals surface area contributed by atoms with E-state index >= 15 is 0 Å². The van der Waals surface area contributed by atoms with E-state index in [0.29, 0.717) is 12.2 Å². The lowest BCUT2D eigenvalue weighted by Crippen LogP contribution is -3.00. The van der Waals surface area contributed by atoms with Gasteiger partial charge in [-0.3, -0.25) is 10.1 Å². The van der Waals surface area contributed by atoms with Gasteiger partial charge in [-0.1, -0.05) is 12.1 Å². The summed E-state index contributed by atoms with van der Waals surface area (Å²) in [6.45, 7) is 1.76. The minimum absolute atomic E-state index is 0. The van der Waals surface area contributed by atoms with Crippen molar-refractivity contribution in [2.45, 2.75) is 6.61 Å². The van der Waals surface area contributed by atoms with E-state index in [9.17, 15) is 10.1 Å². The maximum absolute atomic E-state index is 10.8. The van der Waals surface area contributed by atoms with Crippen LogP contribution in [0.2, 0.25) is 0 Å². The fourth-order valence-electron chi connectivity index (χ4n) is 1.33. The molecule has 0 aliphatic carbocycles. The van der Waals surface area contributed by atoms with Gasteiger partial charge in [-0.25, -0.2) is 0 Å². The molecule has 0 atom stereocenters. The lowest BCUT2D eigenvalue weighted by Gasteiger charge is -2.23. The normalized spacial score (nSPS) is 10.8. The summed E-state index contributed by atoms with van der Waals surface area (Å²) in [5, 5.41) is 10.8. The molecule has 0 spiro atoms. The van der Waals surface area contributed by atoms with Crippen molar-refractivity contribution in [3.8, 4) is 0 Å². The van der Waals surface area contributed by atoms with E-state index in [4.69, 9.17) is 4.74 Å². The number of quaternary nitrogens is 1. The molecular weight excluding hydrogens is 347 g/mol. The topological polar surface area (TPSA) is 52.4 Å². The van der Waals surface area contributed by atoms with Crippen LogP contribution in [0.3, 0.4) is 0 Å². The number of para-hydroxylation sites is 1. The van der Waals surface area contributed by atoms with Crippen LogP contribution in [-0.2, 0) is 11.3 Å². The molecule has 0 aliphatic rings. The minimum atomic E-state index is -0.376. The van der Waals surface area contributed by atoms with Crippen molar-refractivity contribution in [1.29, 1.82) is 0 Å². The monoisotopic (exact) mass is 366 g/mol. The number of ether oxygens (including phenoxy) is 1. The van der Waals surface area contributed by atoms with Gasteiger partial charge in [0.25, 0.3) is 5.69 Å². The van der Waals surface area contributed by atoms with E-state index in [1.807, 2.05) is 0 Å². The summed E-state index contributed by atoms with van der Waals surface area (Å²) in [7, 11) is 6.23. The summed E-state index contributed by atoms with van der Waals surface area (Å²) in [5.74, 6) is 0. The summed E-state index contributed by atoms with van der Waals surface area (Å²) in [6.07, 6.45) is 0. The smallest absolute Gasteiger partial charge is 0.274 e. The van der Waals surface area contributed by atoms with E-state index < -0.39 is 0 Å². The van der Waals surface area contributed by atoms with Crippen LogP contribution in [0.25, 0.3) is 0 Å². The van der Waals surface area contributed by atoms with Crippen molar-refractivity contribution < 1.29 is 38.1 Å². The SMILES string of the molecule is C[N+](C)(C)CCOCc1ccccc1[N+](=O)[O-].[I-]. The largest absolute Gasteiger partial charge is 1.00 e. The van der Waals surface area contributed by atoms with E-state index in [-0.39, 0.29) is 41.2 Å². The Morgan fingerprint density at radius 3 is 2.44 bits per heavy atom. The second-order valence-corrected chi connectivity index (χ2v) is 4.95. The predicted octanol–water partition coefficient (Wildman–Crippen LogP) is -1.18. The highest BCUT2D eigenvalue weighted by molar-refractivity contribution is 5.39. The van der Waals surface area contributed by atoms with Crippen molar-refractivity contribution in [3.63, 3.8) is 0 Å². The van der Waals surface area contributed by atoms with Crippen LogP contribution in [0.15, 0.2) is 24.3 Å². The Kier molecular flexibility index (Phi) is 7.34. The number of nitrogens with zero attached hydrogens (tertiary/aromatic N) is 2. The van der Waals surface area contributed by atoms with Gasteiger partial charge in [0, 0.05) is 6.07 Å². The average Bonchev–Trinajstić information content (AvgIpc) is 2.23. The molecule has 6 heteroatoms. The molecule has 1 aromatic rings. The summed E-state index contributed by atoms with van der Waals surface area (Å²) >= 11 is 0. The van der Waals surface area contributed by atoms with Gasteiger partial charge >= 0.3 is 0 Å². The summed E-state index contributed by atoms with van der Waals surface area (Å²) in [4.78, 5) is 10.4. The second kappa shape index (κ2) is 7.65. The molecule has 0 fully saturated rings. The maximum Gasteiger partial charge on any atom is 0.274 e. The van der Waals surface area contributed by atoms with Crippen LogP contribution >= 0.6 is 0 Å². The molecule has 0 amide bonds. The number of hydrogen-bond acceptors (Lipinski definition) is 3. The predicted molar refractivity (Wildman–Crippen MR) is 65.7 cm³/mol. The molecule has 0 saturated heterocycles. The Hall–Kier alpha value is -0.730. The quantitative estimate of drug-likeness (QED) is 0.210. The molecule has 0 aromatic heterocycles. The number of benzene rings is 1. The third kappa shape index (κ3) is 6.27. The average molecular weight is 366 g/mol. The molecular formula is C12H19IN2O3. The molecule has 102 valence electrons. The highest BCUT2D eigenvalue weighted by Gasteiger charge is 2.12. The highest BCUT2D eigenvalue weighted by atomic mass is 127. The Morgan fingerprint density at radius 1 is 1.28 bits per heavy atom. The van der Waals surface area contributed by atoms with Gasteiger partial charge in [-0.2, -0.15) is 0 Å². The molecule has 0 radical (unpaired) electrons.